The molecular formula is C20H18N2O6S2. The molecule has 0 fully saturated rings. The molecule has 8 nitrogen and oxygen atoms in total. The fourth-order valence-corrected chi connectivity index (χ4v) is 4.13. The monoisotopic (exact) mass is 446 g/mol. The number of fused-ring (bicyclic) bond motifs is 2. The second-order valence-electron chi connectivity index (χ2n) is 6.42. The number of nitrogens with two attached hydrogens (primary N) is 2. The SMILES string of the molecule is Nc1ccc(S(=O)(=O)O)c2ccccc12.Nc1ccc2cc(S(=O)(=O)O)ccc2c1. The van der Waals surface area contributed by atoms with Crippen molar-refractivity contribution in [3.05, 3.63) is 72.8 Å². The van der Waals surface area contributed by atoms with Gasteiger partial charge in [-0.15, -0.1) is 0 Å². The Balaban J connectivity index is 0.000000171. The van der Waals surface area contributed by atoms with Crippen LogP contribution in [-0.4, -0.2) is 25.9 Å². The number of benzene rings is 4. The van der Waals surface area contributed by atoms with Gasteiger partial charge < -0.3 is 11.5 Å². The molecule has 0 saturated carbocycles. The molecule has 0 aromatic heterocycles. The van der Waals surface area contributed by atoms with Crippen LogP contribution >= 0.6 is 0 Å². The Morgan fingerprint density at radius 3 is 1.87 bits per heavy atom. The molecule has 4 rings (SSSR count). The van der Waals surface area contributed by atoms with Gasteiger partial charge in [-0.1, -0.05) is 36.4 Å². The fourth-order valence-electron chi connectivity index (χ4n) is 2.92. The van der Waals surface area contributed by atoms with Crippen molar-refractivity contribution in [1.29, 1.82) is 0 Å². The van der Waals surface area contributed by atoms with E-state index in [1.54, 1.807) is 48.5 Å². The van der Waals surface area contributed by atoms with E-state index < -0.39 is 20.2 Å². The van der Waals surface area contributed by atoms with Gasteiger partial charge in [0.15, 0.2) is 0 Å². The lowest BCUT2D eigenvalue weighted by Crippen LogP contribution is -2.00. The van der Waals surface area contributed by atoms with E-state index >= 15 is 0 Å². The minimum absolute atomic E-state index is 0.111. The van der Waals surface area contributed by atoms with Gasteiger partial charge in [-0.05, 0) is 47.2 Å². The molecule has 0 saturated heterocycles. The molecule has 0 atom stereocenters. The van der Waals surface area contributed by atoms with Gasteiger partial charge in [0.2, 0.25) is 0 Å². The van der Waals surface area contributed by atoms with E-state index in [0.29, 0.717) is 22.1 Å². The Morgan fingerprint density at radius 1 is 0.633 bits per heavy atom. The third kappa shape index (κ3) is 4.69. The largest absolute Gasteiger partial charge is 0.399 e. The lowest BCUT2D eigenvalue weighted by atomic mass is 10.1. The Morgan fingerprint density at radius 2 is 1.23 bits per heavy atom. The number of hydrogen-bond donors (Lipinski definition) is 4. The van der Waals surface area contributed by atoms with Crippen LogP contribution in [0.5, 0.6) is 0 Å². The lowest BCUT2D eigenvalue weighted by Gasteiger charge is -2.05. The van der Waals surface area contributed by atoms with E-state index in [1.165, 1.54) is 24.3 Å². The standard InChI is InChI=1S/2C10H9NO3S/c11-9-3-1-8-6-10(15(12,13)14)4-2-7(8)5-9;11-9-5-6-10(15(12,13)14)8-4-2-1-3-7(8)9/h2*1-6H,11H2,(H,12,13,14). The van der Waals surface area contributed by atoms with Gasteiger partial charge in [0.05, 0.1) is 4.90 Å². The average Bonchev–Trinajstić information content (AvgIpc) is 2.67. The summed E-state index contributed by atoms with van der Waals surface area (Å²) >= 11 is 0. The molecule has 0 heterocycles. The molecule has 0 bridgehead atoms. The van der Waals surface area contributed by atoms with Crippen molar-refractivity contribution < 1.29 is 25.9 Å². The second kappa shape index (κ2) is 7.92. The van der Waals surface area contributed by atoms with Crippen LogP contribution < -0.4 is 11.5 Å². The zero-order chi connectivity index (χ0) is 22.1. The van der Waals surface area contributed by atoms with Crippen molar-refractivity contribution in [2.24, 2.45) is 0 Å². The maximum absolute atomic E-state index is 11.1. The highest BCUT2D eigenvalue weighted by Crippen LogP contribution is 2.27. The van der Waals surface area contributed by atoms with Gasteiger partial charge in [-0.2, -0.15) is 16.8 Å². The van der Waals surface area contributed by atoms with Crippen molar-refractivity contribution in [1.82, 2.24) is 0 Å². The minimum atomic E-state index is -4.20. The van der Waals surface area contributed by atoms with Crippen LogP contribution in [0.4, 0.5) is 11.4 Å². The third-order valence-electron chi connectivity index (χ3n) is 4.33. The smallest absolute Gasteiger partial charge is 0.295 e. The van der Waals surface area contributed by atoms with E-state index in [4.69, 9.17) is 20.6 Å². The maximum atomic E-state index is 11.1. The molecule has 4 aromatic rings. The van der Waals surface area contributed by atoms with E-state index in [-0.39, 0.29) is 9.79 Å². The van der Waals surface area contributed by atoms with Gasteiger partial charge in [0.25, 0.3) is 20.2 Å². The van der Waals surface area contributed by atoms with Crippen LogP contribution in [0.2, 0.25) is 0 Å². The molecule has 0 amide bonds. The zero-order valence-electron chi connectivity index (χ0n) is 15.4. The van der Waals surface area contributed by atoms with Crippen molar-refractivity contribution in [2.75, 3.05) is 11.5 Å². The fraction of sp³-hybridized carbons (Fsp3) is 0. The average molecular weight is 447 g/mol. The first-order valence-corrected chi connectivity index (χ1v) is 11.4. The van der Waals surface area contributed by atoms with Crippen molar-refractivity contribution in [2.45, 2.75) is 9.79 Å². The molecule has 0 spiro atoms. The number of rotatable bonds is 2. The quantitative estimate of drug-likeness (QED) is 0.269. The van der Waals surface area contributed by atoms with E-state index in [2.05, 4.69) is 0 Å². The van der Waals surface area contributed by atoms with E-state index in [0.717, 1.165) is 10.8 Å². The van der Waals surface area contributed by atoms with Gasteiger partial charge >= 0.3 is 0 Å². The summed E-state index contributed by atoms with van der Waals surface area (Å²) in [6, 6.07) is 19.0. The summed E-state index contributed by atoms with van der Waals surface area (Å²) in [5.41, 5.74) is 12.4. The van der Waals surface area contributed by atoms with Crippen molar-refractivity contribution >= 4 is 53.2 Å². The summed E-state index contributed by atoms with van der Waals surface area (Å²) in [6.45, 7) is 0. The lowest BCUT2D eigenvalue weighted by molar-refractivity contribution is 0.481. The van der Waals surface area contributed by atoms with Crippen molar-refractivity contribution in [3.8, 4) is 0 Å². The van der Waals surface area contributed by atoms with Gasteiger partial charge in [0, 0.05) is 22.1 Å². The molecule has 0 aliphatic heterocycles. The zero-order valence-corrected chi connectivity index (χ0v) is 17.1. The van der Waals surface area contributed by atoms with Crippen LogP contribution in [0.3, 0.4) is 0 Å². The third-order valence-corrected chi connectivity index (χ3v) is 6.09. The van der Waals surface area contributed by atoms with Crippen LogP contribution in [-0.2, 0) is 20.2 Å². The molecular weight excluding hydrogens is 428 g/mol. The number of hydrogen-bond acceptors (Lipinski definition) is 6. The first-order valence-electron chi connectivity index (χ1n) is 8.48. The highest BCUT2D eigenvalue weighted by atomic mass is 32.2. The minimum Gasteiger partial charge on any atom is -0.399 e. The maximum Gasteiger partial charge on any atom is 0.295 e. The molecule has 30 heavy (non-hydrogen) atoms. The Labute approximate surface area is 173 Å². The molecule has 0 radical (unpaired) electrons. The van der Waals surface area contributed by atoms with Crippen LogP contribution in [0.15, 0.2) is 82.6 Å². The first-order chi connectivity index (χ1) is 14.0. The topological polar surface area (TPSA) is 161 Å². The Kier molecular flexibility index (Phi) is 5.68. The molecule has 156 valence electrons. The summed E-state index contributed by atoms with van der Waals surface area (Å²) in [7, 11) is -8.34. The number of anilines is 2. The van der Waals surface area contributed by atoms with Crippen molar-refractivity contribution in [3.63, 3.8) is 0 Å². The molecule has 0 unspecified atom stereocenters. The highest BCUT2D eigenvalue weighted by molar-refractivity contribution is 7.86. The van der Waals surface area contributed by atoms with E-state index in [1.807, 2.05) is 0 Å². The summed E-state index contributed by atoms with van der Waals surface area (Å²) in [5, 5.41) is 2.61. The Bertz CT molecular complexity index is 1470. The summed E-state index contributed by atoms with van der Waals surface area (Å²) in [5.74, 6) is 0. The van der Waals surface area contributed by atoms with Gasteiger partial charge in [-0.25, -0.2) is 0 Å². The number of nitrogen functional groups attached to an aromatic ring is 2. The van der Waals surface area contributed by atoms with Gasteiger partial charge in [0.1, 0.15) is 4.90 Å². The predicted octanol–water partition coefficient (Wildman–Crippen LogP) is 3.34. The van der Waals surface area contributed by atoms with Crippen LogP contribution in [0.1, 0.15) is 0 Å². The second-order valence-corrected chi connectivity index (χ2v) is 9.23. The molecule has 0 aliphatic carbocycles. The molecule has 0 aliphatic rings. The first kappa shape index (κ1) is 21.5. The highest BCUT2D eigenvalue weighted by Gasteiger charge is 2.14. The molecule has 4 aromatic carbocycles. The predicted molar refractivity (Wildman–Crippen MR) is 116 cm³/mol. The molecule has 6 N–H and O–H groups in total. The summed E-state index contributed by atoms with van der Waals surface area (Å²) in [6.07, 6.45) is 0. The Hall–Kier alpha value is -3.18. The molecule has 10 heteroatoms. The van der Waals surface area contributed by atoms with Crippen LogP contribution in [0.25, 0.3) is 21.5 Å². The normalized spacial score (nSPS) is 11.8. The summed E-state index contributed by atoms with van der Waals surface area (Å²) < 4.78 is 61.8. The van der Waals surface area contributed by atoms with Gasteiger partial charge in [-0.3, -0.25) is 9.11 Å². The summed E-state index contributed by atoms with van der Waals surface area (Å²) in [4.78, 5) is -0.230. The van der Waals surface area contributed by atoms with E-state index in [9.17, 15) is 16.8 Å². The van der Waals surface area contributed by atoms with Crippen LogP contribution in [0, 0.1) is 0 Å².